The molecule has 0 heterocycles. The Balaban J connectivity index is 2.59. The van der Waals surface area contributed by atoms with Gasteiger partial charge in [0.15, 0.2) is 0 Å². The maximum atomic E-state index is 12.1. The molecule has 0 aromatic heterocycles. The van der Waals surface area contributed by atoms with E-state index in [-0.39, 0.29) is 18.4 Å². The number of carbonyl (C=O) groups is 1. The molecule has 1 amide bonds. The topological polar surface area (TPSA) is 40.5 Å². The Bertz CT molecular complexity index is 200. The molecule has 0 bridgehead atoms. The van der Waals surface area contributed by atoms with Crippen LogP contribution in [0.15, 0.2) is 0 Å². The molecular formula is C12H23NO2. The van der Waals surface area contributed by atoms with Crippen LogP contribution in [0, 0.1) is 5.92 Å². The Morgan fingerprint density at radius 1 is 1.47 bits per heavy atom. The second-order valence-corrected chi connectivity index (χ2v) is 4.50. The first-order valence-corrected chi connectivity index (χ1v) is 6.12. The second-order valence-electron chi connectivity index (χ2n) is 4.50. The minimum Gasteiger partial charge on any atom is -0.395 e. The van der Waals surface area contributed by atoms with Crippen molar-refractivity contribution in [1.82, 2.24) is 4.90 Å². The summed E-state index contributed by atoms with van der Waals surface area (Å²) in [6, 6.07) is 0.388. The van der Waals surface area contributed by atoms with Gasteiger partial charge in [0.1, 0.15) is 0 Å². The maximum Gasteiger partial charge on any atom is 0.225 e. The van der Waals surface area contributed by atoms with Gasteiger partial charge < -0.3 is 10.0 Å². The smallest absolute Gasteiger partial charge is 0.225 e. The number of rotatable bonds is 5. The molecule has 1 aliphatic carbocycles. The summed E-state index contributed by atoms with van der Waals surface area (Å²) in [7, 11) is 0. The van der Waals surface area contributed by atoms with E-state index >= 15 is 0 Å². The average molecular weight is 213 g/mol. The highest BCUT2D eigenvalue weighted by molar-refractivity contribution is 5.78. The normalized spacial score (nSPS) is 19.1. The first kappa shape index (κ1) is 12.5. The highest BCUT2D eigenvalue weighted by atomic mass is 16.3. The molecule has 88 valence electrons. The summed E-state index contributed by atoms with van der Waals surface area (Å²) in [5.41, 5.74) is 0. The summed E-state index contributed by atoms with van der Waals surface area (Å²) < 4.78 is 0. The summed E-state index contributed by atoms with van der Waals surface area (Å²) in [4.78, 5) is 14.0. The molecular weight excluding hydrogens is 190 g/mol. The zero-order valence-corrected chi connectivity index (χ0v) is 9.91. The number of carbonyl (C=O) groups excluding carboxylic acids is 1. The van der Waals surface area contributed by atoms with E-state index < -0.39 is 0 Å². The lowest BCUT2D eigenvalue weighted by Gasteiger charge is -2.30. The van der Waals surface area contributed by atoms with E-state index in [0.717, 1.165) is 19.3 Å². The van der Waals surface area contributed by atoms with Gasteiger partial charge in [0, 0.05) is 18.5 Å². The highest BCUT2D eigenvalue weighted by Crippen LogP contribution is 2.24. The van der Waals surface area contributed by atoms with Crippen molar-refractivity contribution in [3.05, 3.63) is 0 Å². The summed E-state index contributed by atoms with van der Waals surface area (Å²) >= 11 is 0. The number of nitrogens with zero attached hydrogens (tertiary/aromatic N) is 1. The Hall–Kier alpha value is -0.570. The van der Waals surface area contributed by atoms with Crippen LogP contribution in [0.25, 0.3) is 0 Å². The molecule has 1 N–H and O–H groups in total. The molecule has 0 spiro atoms. The fourth-order valence-electron chi connectivity index (χ4n) is 2.25. The molecule has 3 heteroatoms. The maximum absolute atomic E-state index is 12.1. The lowest BCUT2D eigenvalue weighted by Crippen LogP contribution is -2.43. The Morgan fingerprint density at radius 3 is 2.53 bits per heavy atom. The first-order valence-electron chi connectivity index (χ1n) is 6.12. The molecule has 0 aromatic carbocycles. The lowest BCUT2D eigenvalue weighted by atomic mass is 10.1. The molecule has 15 heavy (non-hydrogen) atoms. The highest BCUT2D eigenvalue weighted by Gasteiger charge is 2.28. The van der Waals surface area contributed by atoms with E-state index in [1.165, 1.54) is 12.8 Å². The molecule has 0 saturated heterocycles. The van der Waals surface area contributed by atoms with E-state index in [4.69, 9.17) is 5.11 Å². The van der Waals surface area contributed by atoms with E-state index in [2.05, 4.69) is 0 Å². The number of hydrogen-bond acceptors (Lipinski definition) is 2. The number of amides is 1. The van der Waals surface area contributed by atoms with Gasteiger partial charge in [0.2, 0.25) is 5.91 Å². The van der Waals surface area contributed by atoms with Gasteiger partial charge >= 0.3 is 0 Å². The largest absolute Gasteiger partial charge is 0.395 e. The van der Waals surface area contributed by atoms with Crippen molar-refractivity contribution in [3.63, 3.8) is 0 Å². The Labute approximate surface area is 92.5 Å². The van der Waals surface area contributed by atoms with Crippen molar-refractivity contribution in [2.75, 3.05) is 13.2 Å². The van der Waals surface area contributed by atoms with Crippen LogP contribution in [0.4, 0.5) is 0 Å². The minimum absolute atomic E-state index is 0.0820. The Morgan fingerprint density at radius 2 is 2.07 bits per heavy atom. The SMILES string of the molecule is CCC(C)C(=O)N(CCO)C1CCCC1. The van der Waals surface area contributed by atoms with E-state index in [1.54, 1.807) is 0 Å². The van der Waals surface area contributed by atoms with Crippen molar-refractivity contribution >= 4 is 5.91 Å². The van der Waals surface area contributed by atoms with E-state index in [1.807, 2.05) is 18.7 Å². The van der Waals surface area contributed by atoms with Gasteiger partial charge in [-0.05, 0) is 19.3 Å². The van der Waals surface area contributed by atoms with Crippen molar-refractivity contribution < 1.29 is 9.90 Å². The molecule has 1 atom stereocenters. The predicted molar refractivity (Wildman–Crippen MR) is 60.5 cm³/mol. The second kappa shape index (κ2) is 6.11. The fraction of sp³-hybridized carbons (Fsp3) is 0.917. The molecule has 1 aliphatic rings. The summed E-state index contributed by atoms with van der Waals surface area (Å²) in [6.07, 6.45) is 5.55. The van der Waals surface area contributed by atoms with Crippen LogP contribution in [0.1, 0.15) is 46.0 Å². The molecule has 1 fully saturated rings. The van der Waals surface area contributed by atoms with Gasteiger partial charge in [0.05, 0.1) is 6.61 Å². The zero-order valence-electron chi connectivity index (χ0n) is 9.91. The third-order valence-electron chi connectivity index (χ3n) is 3.42. The van der Waals surface area contributed by atoms with Crippen LogP contribution in [0.3, 0.4) is 0 Å². The van der Waals surface area contributed by atoms with Gasteiger partial charge in [0.25, 0.3) is 0 Å². The molecule has 3 nitrogen and oxygen atoms in total. The molecule has 0 aliphatic heterocycles. The van der Waals surface area contributed by atoms with Gasteiger partial charge in [-0.1, -0.05) is 26.7 Å². The van der Waals surface area contributed by atoms with Crippen LogP contribution in [-0.2, 0) is 4.79 Å². The molecule has 1 saturated carbocycles. The molecule has 1 unspecified atom stereocenters. The van der Waals surface area contributed by atoms with Crippen molar-refractivity contribution in [3.8, 4) is 0 Å². The van der Waals surface area contributed by atoms with Crippen LogP contribution >= 0.6 is 0 Å². The number of aliphatic hydroxyl groups is 1. The lowest BCUT2D eigenvalue weighted by molar-refractivity contribution is -0.138. The minimum atomic E-state index is 0.0820. The van der Waals surface area contributed by atoms with Crippen LogP contribution < -0.4 is 0 Å². The van der Waals surface area contributed by atoms with Gasteiger partial charge in [-0.2, -0.15) is 0 Å². The Kier molecular flexibility index (Phi) is 5.09. The molecule has 0 radical (unpaired) electrons. The van der Waals surface area contributed by atoms with Gasteiger partial charge in [-0.15, -0.1) is 0 Å². The predicted octanol–water partition coefficient (Wildman–Crippen LogP) is 1.80. The van der Waals surface area contributed by atoms with Crippen LogP contribution in [-0.4, -0.2) is 35.1 Å². The summed E-state index contributed by atoms with van der Waals surface area (Å²) in [5.74, 6) is 0.315. The van der Waals surface area contributed by atoms with Crippen LogP contribution in [0.2, 0.25) is 0 Å². The van der Waals surface area contributed by atoms with Crippen molar-refractivity contribution in [1.29, 1.82) is 0 Å². The van der Waals surface area contributed by atoms with Crippen LogP contribution in [0.5, 0.6) is 0 Å². The van der Waals surface area contributed by atoms with Crippen molar-refractivity contribution in [2.45, 2.75) is 52.0 Å². The third-order valence-corrected chi connectivity index (χ3v) is 3.42. The van der Waals surface area contributed by atoms with E-state index in [9.17, 15) is 4.79 Å². The number of aliphatic hydroxyl groups excluding tert-OH is 1. The zero-order chi connectivity index (χ0) is 11.3. The van der Waals surface area contributed by atoms with Gasteiger partial charge in [-0.25, -0.2) is 0 Å². The monoisotopic (exact) mass is 213 g/mol. The quantitative estimate of drug-likeness (QED) is 0.756. The van der Waals surface area contributed by atoms with Crippen molar-refractivity contribution in [2.24, 2.45) is 5.92 Å². The summed E-state index contributed by atoms with van der Waals surface area (Å²) in [6.45, 7) is 4.60. The number of hydrogen-bond donors (Lipinski definition) is 1. The first-order chi connectivity index (χ1) is 7.20. The third kappa shape index (κ3) is 3.20. The standard InChI is InChI=1S/C12H23NO2/c1-3-10(2)12(15)13(8-9-14)11-6-4-5-7-11/h10-11,14H,3-9H2,1-2H3. The van der Waals surface area contributed by atoms with E-state index in [0.29, 0.717) is 12.6 Å². The molecule has 0 aromatic rings. The fourth-order valence-corrected chi connectivity index (χ4v) is 2.25. The average Bonchev–Trinajstić information content (AvgIpc) is 2.77. The summed E-state index contributed by atoms with van der Waals surface area (Å²) in [5, 5.41) is 9.01. The molecule has 1 rings (SSSR count). The van der Waals surface area contributed by atoms with Gasteiger partial charge in [-0.3, -0.25) is 4.79 Å².